The van der Waals surface area contributed by atoms with Crippen LogP contribution in [-0.2, 0) is 19.4 Å². The zero-order chi connectivity index (χ0) is 21.5. The lowest BCUT2D eigenvalue weighted by atomic mass is 9.71. The van der Waals surface area contributed by atoms with Gasteiger partial charge < -0.3 is 9.16 Å². The van der Waals surface area contributed by atoms with E-state index in [-0.39, 0.29) is 10.6 Å². The van der Waals surface area contributed by atoms with Crippen molar-refractivity contribution < 1.29 is 31.5 Å². The minimum Gasteiger partial charge on any atom is -0.453 e. The van der Waals surface area contributed by atoms with Crippen molar-refractivity contribution in [3.63, 3.8) is 0 Å². The van der Waals surface area contributed by atoms with Gasteiger partial charge in [0.25, 0.3) is 0 Å². The van der Waals surface area contributed by atoms with E-state index in [1.807, 2.05) is 20.8 Å². The van der Waals surface area contributed by atoms with Gasteiger partial charge in [0.1, 0.15) is 12.4 Å². The quantitative estimate of drug-likeness (QED) is 0.364. The van der Waals surface area contributed by atoms with Crippen molar-refractivity contribution in [1.29, 1.82) is 0 Å². The molecule has 1 heterocycles. The van der Waals surface area contributed by atoms with Crippen LogP contribution in [-0.4, -0.2) is 39.1 Å². The third-order valence-corrected chi connectivity index (χ3v) is 10.5. The van der Waals surface area contributed by atoms with Gasteiger partial charge in [0, 0.05) is 5.41 Å². The van der Waals surface area contributed by atoms with E-state index >= 15 is 4.39 Å². The molecule has 8 heteroatoms. The predicted octanol–water partition coefficient (Wildman–Crippen LogP) is 5.39. The maximum absolute atomic E-state index is 15.3. The Morgan fingerprint density at radius 1 is 1.25 bits per heavy atom. The first-order valence-corrected chi connectivity index (χ1v) is 12.1. The van der Waals surface area contributed by atoms with Crippen LogP contribution in [0.5, 0.6) is 0 Å². The number of esters is 1. The van der Waals surface area contributed by atoms with E-state index in [1.54, 1.807) is 13.1 Å². The number of ether oxygens (including phenoxy) is 1. The van der Waals surface area contributed by atoms with Crippen molar-refractivity contribution in [2.24, 2.45) is 0 Å². The van der Waals surface area contributed by atoms with Crippen molar-refractivity contribution >= 4 is 14.3 Å². The average Bonchev–Trinajstić information content (AvgIpc) is 2.55. The summed E-state index contributed by atoms with van der Waals surface area (Å²) in [7, 11) is -2.53. The molecule has 3 atom stereocenters. The van der Waals surface area contributed by atoms with Crippen molar-refractivity contribution in [2.75, 3.05) is 6.61 Å². The summed E-state index contributed by atoms with van der Waals surface area (Å²) < 4.78 is 69.6. The summed E-state index contributed by atoms with van der Waals surface area (Å²) >= 11 is 0. The summed E-state index contributed by atoms with van der Waals surface area (Å²) in [5.41, 5.74) is -1.88. The molecular formula is C20H28F4O3Si. The van der Waals surface area contributed by atoms with Crippen LogP contribution >= 0.6 is 0 Å². The molecule has 2 rings (SSSR count). The maximum Gasteiger partial charge on any atom is 0.308 e. The first-order chi connectivity index (χ1) is 12.6. The largest absolute Gasteiger partial charge is 0.453 e. The summed E-state index contributed by atoms with van der Waals surface area (Å²) in [5, 5.41) is -0.316. The Morgan fingerprint density at radius 3 is 2.36 bits per heavy atom. The Balaban J connectivity index is 2.31. The SMILES string of the molecule is CC(C)(C)[Si](C)(C)OCC(F)(F)[C@H]1OC(=O)C[C@](C)(c2ccccc2F)[C@H]1F. The molecular weight excluding hydrogens is 392 g/mol. The first-order valence-electron chi connectivity index (χ1n) is 9.22. The van der Waals surface area contributed by atoms with Crippen molar-refractivity contribution in [2.45, 2.75) is 75.9 Å². The molecule has 0 radical (unpaired) electrons. The van der Waals surface area contributed by atoms with Crippen LogP contribution in [0.2, 0.25) is 18.1 Å². The van der Waals surface area contributed by atoms with Crippen molar-refractivity contribution in [1.82, 2.24) is 0 Å². The van der Waals surface area contributed by atoms with E-state index in [0.29, 0.717) is 0 Å². The fraction of sp³-hybridized carbons (Fsp3) is 0.650. The molecule has 28 heavy (non-hydrogen) atoms. The van der Waals surface area contributed by atoms with E-state index < -0.39 is 56.7 Å². The number of benzene rings is 1. The molecule has 0 spiro atoms. The number of carbonyl (C=O) groups excluding carboxylic acids is 1. The molecule has 0 N–H and O–H groups in total. The Morgan fingerprint density at radius 2 is 1.82 bits per heavy atom. The summed E-state index contributed by atoms with van der Waals surface area (Å²) in [6.45, 7) is 9.49. The number of hydrogen-bond acceptors (Lipinski definition) is 3. The second-order valence-corrected chi connectivity index (χ2v) is 14.0. The molecule has 158 valence electrons. The van der Waals surface area contributed by atoms with Crippen LogP contribution < -0.4 is 0 Å². The highest BCUT2D eigenvalue weighted by atomic mass is 28.4. The number of alkyl halides is 3. The minimum atomic E-state index is -3.75. The Bertz CT molecular complexity index is 732. The van der Waals surface area contributed by atoms with Crippen molar-refractivity contribution in [3.05, 3.63) is 35.6 Å². The third kappa shape index (κ3) is 4.27. The van der Waals surface area contributed by atoms with Crippen molar-refractivity contribution in [3.8, 4) is 0 Å². The fourth-order valence-corrected chi connectivity index (χ4v) is 4.00. The molecule has 3 nitrogen and oxygen atoms in total. The second-order valence-electron chi connectivity index (χ2n) is 9.20. The van der Waals surface area contributed by atoms with E-state index in [0.717, 1.165) is 6.07 Å². The Kier molecular flexibility index (Phi) is 6.08. The molecule has 0 bridgehead atoms. The van der Waals surface area contributed by atoms with E-state index in [4.69, 9.17) is 9.16 Å². The summed E-state index contributed by atoms with van der Waals surface area (Å²) in [4.78, 5) is 12.0. The monoisotopic (exact) mass is 420 g/mol. The van der Waals surface area contributed by atoms with Crippen LogP contribution in [0, 0.1) is 5.82 Å². The average molecular weight is 421 g/mol. The van der Waals surface area contributed by atoms with Gasteiger partial charge in [-0.2, -0.15) is 8.78 Å². The molecule has 1 aromatic rings. The van der Waals surface area contributed by atoms with Crippen LogP contribution in [0.4, 0.5) is 17.6 Å². The van der Waals surface area contributed by atoms with Gasteiger partial charge in [-0.05, 0) is 29.8 Å². The highest BCUT2D eigenvalue weighted by Crippen LogP contribution is 2.45. The molecule has 1 aliphatic rings. The van der Waals surface area contributed by atoms with Crippen LogP contribution in [0.15, 0.2) is 24.3 Å². The van der Waals surface area contributed by atoms with Gasteiger partial charge in [-0.1, -0.05) is 45.9 Å². The van der Waals surface area contributed by atoms with Gasteiger partial charge in [-0.25, -0.2) is 8.78 Å². The molecule has 0 saturated carbocycles. The molecule has 0 aliphatic carbocycles. The molecule has 0 amide bonds. The molecule has 1 saturated heterocycles. The van der Waals surface area contributed by atoms with Crippen LogP contribution in [0.25, 0.3) is 0 Å². The number of cyclic esters (lactones) is 1. The van der Waals surface area contributed by atoms with Gasteiger partial charge in [-0.3, -0.25) is 4.79 Å². The summed E-state index contributed by atoms with van der Waals surface area (Å²) in [5.74, 6) is -5.49. The molecule has 1 aromatic carbocycles. The summed E-state index contributed by atoms with van der Waals surface area (Å²) in [6.07, 6.45) is -5.16. The van der Waals surface area contributed by atoms with E-state index in [2.05, 4.69) is 0 Å². The number of hydrogen-bond donors (Lipinski definition) is 0. The van der Waals surface area contributed by atoms with Crippen LogP contribution in [0.3, 0.4) is 0 Å². The predicted molar refractivity (Wildman–Crippen MR) is 101 cm³/mol. The zero-order valence-corrected chi connectivity index (χ0v) is 18.1. The van der Waals surface area contributed by atoms with Gasteiger partial charge in [0.15, 0.2) is 20.6 Å². The number of halogens is 4. The van der Waals surface area contributed by atoms with Gasteiger partial charge in [-0.15, -0.1) is 0 Å². The van der Waals surface area contributed by atoms with Crippen LogP contribution in [0.1, 0.15) is 39.7 Å². The third-order valence-electron chi connectivity index (χ3n) is 5.98. The number of carbonyl (C=O) groups is 1. The van der Waals surface area contributed by atoms with Gasteiger partial charge in [0.2, 0.25) is 0 Å². The normalized spacial score (nSPS) is 26.9. The topological polar surface area (TPSA) is 35.5 Å². The second kappa shape index (κ2) is 7.44. The van der Waals surface area contributed by atoms with E-state index in [9.17, 15) is 18.0 Å². The maximum atomic E-state index is 15.3. The Labute approximate surface area is 164 Å². The standard InChI is InChI=1S/C20H28F4O3Si/c1-18(2,3)28(5,6)26-12-20(23,24)17-16(22)19(4,11-15(25)27-17)13-9-7-8-10-14(13)21/h7-10,16-17H,11-12H2,1-6H3/t16-,17-,19+/m0/s1. The van der Waals surface area contributed by atoms with E-state index in [1.165, 1.54) is 25.1 Å². The summed E-state index contributed by atoms with van der Waals surface area (Å²) in [6, 6.07) is 5.31. The lowest BCUT2D eigenvalue weighted by Gasteiger charge is -2.44. The molecule has 0 unspecified atom stereocenters. The smallest absolute Gasteiger partial charge is 0.308 e. The van der Waals surface area contributed by atoms with Gasteiger partial charge in [0.05, 0.1) is 6.42 Å². The lowest BCUT2D eigenvalue weighted by Crippen LogP contribution is -2.59. The Hall–Kier alpha value is -1.41. The number of rotatable bonds is 5. The molecule has 1 fully saturated rings. The zero-order valence-electron chi connectivity index (χ0n) is 17.1. The highest BCUT2D eigenvalue weighted by Gasteiger charge is 2.59. The molecule has 1 aliphatic heterocycles. The fourth-order valence-electron chi connectivity index (χ4n) is 3.02. The molecule has 0 aromatic heterocycles. The minimum absolute atomic E-state index is 0.120. The van der Waals surface area contributed by atoms with Gasteiger partial charge >= 0.3 is 11.9 Å². The first kappa shape index (κ1) is 22.9. The lowest BCUT2D eigenvalue weighted by molar-refractivity contribution is -0.213. The highest BCUT2D eigenvalue weighted by molar-refractivity contribution is 6.74.